The number of carbonyl (C=O) groups is 1. The lowest BCUT2D eigenvalue weighted by Gasteiger charge is -2.47. The maximum atomic E-state index is 12.4. The molecule has 2 aliphatic heterocycles. The van der Waals surface area contributed by atoms with E-state index < -0.39 is 0 Å². The van der Waals surface area contributed by atoms with Crippen LogP contribution in [0, 0.1) is 6.92 Å². The van der Waals surface area contributed by atoms with E-state index in [0.717, 1.165) is 60.8 Å². The maximum absolute atomic E-state index is 12.4. The molecular weight excluding hydrogens is 328 g/mol. The highest BCUT2D eigenvalue weighted by atomic mass is 32.2. The third-order valence-electron chi connectivity index (χ3n) is 4.87. The van der Waals surface area contributed by atoms with Crippen molar-refractivity contribution < 1.29 is 9.53 Å². The maximum Gasteiger partial charge on any atom is 0.249 e. The van der Waals surface area contributed by atoms with E-state index in [1.807, 2.05) is 23.6 Å². The molecule has 124 valence electrons. The molecule has 1 aliphatic carbocycles. The summed E-state index contributed by atoms with van der Waals surface area (Å²) in [5, 5.41) is 3.17. The number of rotatable bonds is 4. The van der Waals surface area contributed by atoms with Gasteiger partial charge in [0.25, 0.3) is 0 Å². The highest BCUT2D eigenvalue weighted by molar-refractivity contribution is 8.01. The zero-order valence-electron chi connectivity index (χ0n) is 13.4. The van der Waals surface area contributed by atoms with Gasteiger partial charge in [0, 0.05) is 29.8 Å². The number of amides is 1. The standard InChI is InChI=1S/C17H22N2O2S2/c1-12-18-14(8-22-12)7-21-15-6-17(23-9-15)10-19(11-17)16(20)13-4-2-3-5-13/h4,8,15H,2-3,5-7,9-11H2,1H3. The third-order valence-corrected chi connectivity index (χ3v) is 7.27. The number of likely N-dealkylation sites (tertiary alicyclic amines) is 1. The van der Waals surface area contributed by atoms with Crippen LogP contribution < -0.4 is 0 Å². The van der Waals surface area contributed by atoms with Crippen molar-refractivity contribution >= 4 is 29.0 Å². The number of hydrogen-bond acceptors (Lipinski definition) is 5. The van der Waals surface area contributed by atoms with E-state index in [-0.39, 0.29) is 10.7 Å². The second-order valence-corrected chi connectivity index (χ2v) is 9.32. The molecule has 3 heterocycles. The van der Waals surface area contributed by atoms with E-state index in [1.54, 1.807) is 11.3 Å². The van der Waals surface area contributed by atoms with E-state index >= 15 is 0 Å². The lowest BCUT2D eigenvalue weighted by molar-refractivity contribution is -0.132. The van der Waals surface area contributed by atoms with Gasteiger partial charge in [0.05, 0.1) is 28.2 Å². The second-order valence-electron chi connectivity index (χ2n) is 6.77. The minimum atomic E-state index is 0.248. The Kier molecular flexibility index (Phi) is 4.24. The Labute approximate surface area is 145 Å². The van der Waals surface area contributed by atoms with Gasteiger partial charge in [0.1, 0.15) is 0 Å². The molecule has 6 heteroatoms. The van der Waals surface area contributed by atoms with Crippen molar-refractivity contribution in [1.82, 2.24) is 9.88 Å². The van der Waals surface area contributed by atoms with E-state index in [9.17, 15) is 4.79 Å². The lowest BCUT2D eigenvalue weighted by atomic mass is 9.92. The molecule has 3 aliphatic rings. The Balaban J connectivity index is 1.25. The second kappa shape index (κ2) is 6.22. The molecule has 1 amide bonds. The quantitative estimate of drug-likeness (QED) is 0.836. The summed E-state index contributed by atoms with van der Waals surface area (Å²) >= 11 is 3.66. The largest absolute Gasteiger partial charge is 0.371 e. The van der Waals surface area contributed by atoms with Gasteiger partial charge in [-0.3, -0.25) is 4.79 Å². The van der Waals surface area contributed by atoms with Crippen LogP contribution in [-0.4, -0.2) is 45.5 Å². The summed E-state index contributed by atoms with van der Waals surface area (Å²) in [4.78, 5) is 18.8. The van der Waals surface area contributed by atoms with Gasteiger partial charge < -0.3 is 9.64 Å². The number of hydrogen-bond donors (Lipinski definition) is 0. The lowest BCUT2D eigenvalue weighted by Crippen LogP contribution is -2.61. The molecular formula is C17H22N2O2S2. The topological polar surface area (TPSA) is 42.4 Å². The van der Waals surface area contributed by atoms with Gasteiger partial charge in [0.15, 0.2) is 0 Å². The molecule has 4 rings (SSSR count). The average Bonchev–Trinajstić information content (AvgIpc) is 3.23. The molecule has 1 spiro atoms. The first-order chi connectivity index (χ1) is 11.1. The summed E-state index contributed by atoms with van der Waals surface area (Å²) in [6.45, 7) is 4.42. The van der Waals surface area contributed by atoms with Crippen molar-refractivity contribution in [1.29, 1.82) is 0 Å². The Hall–Kier alpha value is -0.850. The molecule has 1 unspecified atom stereocenters. The van der Waals surface area contributed by atoms with Crippen molar-refractivity contribution in [3.8, 4) is 0 Å². The molecule has 0 N–H and O–H groups in total. The number of carbonyl (C=O) groups excluding carboxylic acids is 1. The van der Waals surface area contributed by atoms with Crippen LogP contribution in [0.15, 0.2) is 17.0 Å². The Morgan fingerprint density at radius 2 is 2.39 bits per heavy atom. The predicted molar refractivity (Wildman–Crippen MR) is 93.7 cm³/mol. The molecule has 0 saturated carbocycles. The average molecular weight is 351 g/mol. The van der Waals surface area contributed by atoms with Gasteiger partial charge in [-0.25, -0.2) is 4.98 Å². The molecule has 0 bridgehead atoms. The molecule has 23 heavy (non-hydrogen) atoms. The van der Waals surface area contributed by atoms with Crippen LogP contribution in [0.2, 0.25) is 0 Å². The summed E-state index contributed by atoms with van der Waals surface area (Å²) in [6.07, 6.45) is 6.65. The number of nitrogens with zero attached hydrogens (tertiary/aromatic N) is 2. The monoisotopic (exact) mass is 350 g/mol. The normalized spacial score (nSPS) is 25.7. The zero-order chi connectivity index (χ0) is 15.9. The number of aromatic nitrogens is 1. The van der Waals surface area contributed by atoms with Crippen LogP contribution in [0.1, 0.15) is 36.4 Å². The first-order valence-electron chi connectivity index (χ1n) is 8.28. The molecule has 2 fully saturated rings. The van der Waals surface area contributed by atoms with E-state index in [1.165, 1.54) is 0 Å². The smallest absolute Gasteiger partial charge is 0.249 e. The third kappa shape index (κ3) is 3.21. The van der Waals surface area contributed by atoms with Crippen LogP contribution in [0.3, 0.4) is 0 Å². The van der Waals surface area contributed by atoms with Crippen molar-refractivity contribution in [2.24, 2.45) is 0 Å². The highest BCUT2D eigenvalue weighted by Crippen LogP contribution is 2.46. The Morgan fingerprint density at radius 3 is 3.09 bits per heavy atom. The van der Waals surface area contributed by atoms with Gasteiger partial charge in [-0.05, 0) is 32.6 Å². The summed E-state index contributed by atoms with van der Waals surface area (Å²) < 4.78 is 6.29. The summed E-state index contributed by atoms with van der Waals surface area (Å²) in [5.74, 6) is 1.31. The molecule has 0 radical (unpaired) electrons. The van der Waals surface area contributed by atoms with Gasteiger partial charge >= 0.3 is 0 Å². The number of thioether (sulfide) groups is 1. The van der Waals surface area contributed by atoms with Crippen molar-refractivity contribution in [2.75, 3.05) is 18.8 Å². The Morgan fingerprint density at radius 1 is 1.52 bits per heavy atom. The van der Waals surface area contributed by atoms with Gasteiger partial charge in [-0.15, -0.1) is 23.1 Å². The van der Waals surface area contributed by atoms with E-state index in [0.29, 0.717) is 12.7 Å². The molecule has 1 atom stereocenters. The SMILES string of the molecule is Cc1nc(COC2CSC3(C2)CN(C(=O)C2=CCCC2)C3)cs1. The number of aryl methyl sites for hydroxylation is 1. The minimum absolute atomic E-state index is 0.248. The predicted octanol–water partition coefficient (Wildman–Crippen LogP) is 3.16. The minimum Gasteiger partial charge on any atom is -0.371 e. The molecule has 2 saturated heterocycles. The van der Waals surface area contributed by atoms with Crippen LogP contribution in [-0.2, 0) is 16.1 Å². The van der Waals surface area contributed by atoms with Crippen LogP contribution in [0.25, 0.3) is 0 Å². The summed E-state index contributed by atoms with van der Waals surface area (Å²) in [5.41, 5.74) is 2.08. The van der Waals surface area contributed by atoms with E-state index in [2.05, 4.69) is 16.4 Å². The number of allylic oxidation sites excluding steroid dienone is 1. The first-order valence-corrected chi connectivity index (χ1v) is 10.1. The zero-order valence-corrected chi connectivity index (χ0v) is 15.0. The Bertz CT molecular complexity index is 634. The molecule has 1 aromatic rings. The highest BCUT2D eigenvalue weighted by Gasteiger charge is 2.51. The fourth-order valence-corrected chi connectivity index (χ4v) is 5.82. The summed E-state index contributed by atoms with van der Waals surface area (Å²) in [6, 6.07) is 0. The van der Waals surface area contributed by atoms with Crippen LogP contribution >= 0.6 is 23.1 Å². The summed E-state index contributed by atoms with van der Waals surface area (Å²) in [7, 11) is 0. The van der Waals surface area contributed by atoms with Gasteiger partial charge in [-0.2, -0.15) is 0 Å². The molecule has 4 nitrogen and oxygen atoms in total. The van der Waals surface area contributed by atoms with Crippen LogP contribution in [0.4, 0.5) is 0 Å². The number of thiazole rings is 1. The fraction of sp³-hybridized carbons (Fsp3) is 0.647. The molecule has 0 aromatic carbocycles. The van der Waals surface area contributed by atoms with Crippen molar-refractivity contribution in [3.05, 3.63) is 27.7 Å². The van der Waals surface area contributed by atoms with Gasteiger partial charge in [-0.1, -0.05) is 6.08 Å². The number of ether oxygens (including phenoxy) is 1. The van der Waals surface area contributed by atoms with Crippen molar-refractivity contribution in [3.63, 3.8) is 0 Å². The first kappa shape index (κ1) is 15.7. The van der Waals surface area contributed by atoms with Crippen LogP contribution in [0.5, 0.6) is 0 Å². The molecule has 1 aromatic heterocycles. The van der Waals surface area contributed by atoms with Crippen molar-refractivity contribution in [2.45, 2.75) is 50.1 Å². The fourth-order valence-electron chi connectivity index (χ4n) is 3.67. The van der Waals surface area contributed by atoms with E-state index in [4.69, 9.17) is 4.74 Å². The van der Waals surface area contributed by atoms with Gasteiger partial charge in [0.2, 0.25) is 5.91 Å².